The number of nitrogen functional groups attached to an aromatic ring is 1. The molecule has 1 amide bonds. The summed E-state index contributed by atoms with van der Waals surface area (Å²) in [6.07, 6.45) is 1.57. The van der Waals surface area contributed by atoms with Crippen molar-refractivity contribution < 1.29 is 18.9 Å². The van der Waals surface area contributed by atoms with Crippen LogP contribution < -0.4 is 20.6 Å². The SMILES string of the molecule is COc1ccc(/C(C)=N/NC(=O)c2nnn(-c3nonc3N)c2CSc2nncn2C)cc1OC. The van der Waals surface area contributed by atoms with Gasteiger partial charge >= 0.3 is 0 Å². The number of methoxy groups -OCH3 is 2. The Bertz CT molecular complexity index is 1380. The van der Waals surface area contributed by atoms with Gasteiger partial charge in [0.05, 0.1) is 25.6 Å². The number of hydrazone groups is 1. The van der Waals surface area contributed by atoms with E-state index in [-0.39, 0.29) is 23.1 Å². The summed E-state index contributed by atoms with van der Waals surface area (Å²) in [6.45, 7) is 1.74. The minimum Gasteiger partial charge on any atom is -0.493 e. The molecule has 0 aliphatic heterocycles. The molecular weight excluding hydrogens is 478 g/mol. The molecular formula is C19H21N11O4S. The molecule has 0 spiro atoms. The second-order valence-corrected chi connectivity index (χ2v) is 7.93. The third kappa shape index (κ3) is 4.91. The van der Waals surface area contributed by atoms with Crippen LogP contribution in [0.2, 0.25) is 0 Å². The molecule has 3 heterocycles. The van der Waals surface area contributed by atoms with Crippen LogP contribution >= 0.6 is 11.8 Å². The van der Waals surface area contributed by atoms with Gasteiger partial charge in [-0.3, -0.25) is 4.79 Å². The predicted molar refractivity (Wildman–Crippen MR) is 123 cm³/mol. The summed E-state index contributed by atoms with van der Waals surface area (Å²) >= 11 is 1.32. The average molecular weight is 500 g/mol. The van der Waals surface area contributed by atoms with Crippen molar-refractivity contribution in [3.05, 3.63) is 41.5 Å². The number of hydrogen-bond acceptors (Lipinski definition) is 13. The van der Waals surface area contributed by atoms with Crippen molar-refractivity contribution in [2.24, 2.45) is 12.1 Å². The summed E-state index contributed by atoms with van der Waals surface area (Å²) in [4.78, 5) is 13.0. The number of carbonyl (C=O) groups is 1. The van der Waals surface area contributed by atoms with E-state index in [0.29, 0.717) is 28.1 Å². The summed E-state index contributed by atoms with van der Waals surface area (Å²) in [5.41, 5.74) is 9.99. The lowest BCUT2D eigenvalue weighted by atomic mass is 10.1. The standard InChI is InChI=1S/C19H21N11O4S/c1-10(11-5-6-13(32-3)14(7-11)33-4)22-24-18(31)15-12(8-35-19-25-21-9-29(19)2)30(28-23-15)17-16(20)26-34-27-17/h5-7,9H,8H2,1-4H3,(H2,20,26)(H,24,31)/b22-10+. The zero-order valence-corrected chi connectivity index (χ0v) is 20.0. The number of hydrogen-bond donors (Lipinski definition) is 2. The summed E-state index contributed by atoms with van der Waals surface area (Å²) in [7, 11) is 4.89. The number of thioether (sulfide) groups is 1. The van der Waals surface area contributed by atoms with Crippen molar-refractivity contribution in [1.82, 2.24) is 45.5 Å². The molecule has 0 aliphatic rings. The topological polar surface area (TPSA) is 186 Å². The molecule has 3 N–H and O–H groups in total. The van der Waals surface area contributed by atoms with E-state index >= 15 is 0 Å². The maximum Gasteiger partial charge on any atom is 0.293 e. The molecule has 35 heavy (non-hydrogen) atoms. The first kappa shape index (κ1) is 23.7. The third-order valence-electron chi connectivity index (χ3n) is 4.81. The fourth-order valence-corrected chi connectivity index (χ4v) is 3.85. The number of aromatic nitrogens is 8. The Labute approximate surface area is 202 Å². The van der Waals surface area contributed by atoms with Crippen LogP contribution in [0.5, 0.6) is 11.5 Å². The van der Waals surface area contributed by atoms with E-state index in [2.05, 4.69) is 46.0 Å². The van der Waals surface area contributed by atoms with Crippen LogP contribution in [0, 0.1) is 0 Å². The van der Waals surface area contributed by atoms with Gasteiger partial charge in [-0.1, -0.05) is 17.0 Å². The fraction of sp³-hybridized carbons (Fsp3) is 0.263. The van der Waals surface area contributed by atoms with Crippen molar-refractivity contribution in [3.63, 3.8) is 0 Å². The van der Waals surface area contributed by atoms with Crippen LogP contribution in [-0.2, 0) is 12.8 Å². The van der Waals surface area contributed by atoms with E-state index in [1.54, 1.807) is 50.2 Å². The summed E-state index contributed by atoms with van der Waals surface area (Å²) in [5, 5.41) is 28.0. The zero-order valence-electron chi connectivity index (χ0n) is 19.2. The summed E-state index contributed by atoms with van der Waals surface area (Å²) < 4.78 is 18.3. The van der Waals surface area contributed by atoms with Crippen LogP contribution in [0.1, 0.15) is 28.7 Å². The van der Waals surface area contributed by atoms with Gasteiger partial charge in [-0.15, -0.1) is 15.3 Å². The number of nitrogens with two attached hydrogens (primary N) is 1. The highest BCUT2D eigenvalue weighted by Crippen LogP contribution is 2.28. The van der Waals surface area contributed by atoms with E-state index in [9.17, 15) is 4.79 Å². The third-order valence-corrected chi connectivity index (χ3v) is 5.85. The number of nitrogens with zero attached hydrogens (tertiary/aromatic N) is 9. The number of rotatable bonds is 9. The number of nitrogens with one attached hydrogen (secondary N) is 1. The molecule has 4 aromatic rings. The molecule has 0 saturated carbocycles. The minimum atomic E-state index is -0.584. The van der Waals surface area contributed by atoms with Crippen LogP contribution in [0.25, 0.3) is 5.82 Å². The van der Waals surface area contributed by atoms with Crippen molar-refractivity contribution in [2.45, 2.75) is 17.8 Å². The molecule has 0 radical (unpaired) electrons. The lowest BCUT2D eigenvalue weighted by Crippen LogP contribution is -2.21. The van der Waals surface area contributed by atoms with E-state index in [1.807, 2.05) is 0 Å². The molecule has 0 aliphatic carbocycles. The molecule has 0 bridgehead atoms. The smallest absolute Gasteiger partial charge is 0.293 e. The van der Waals surface area contributed by atoms with Gasteiger partial charge in [0.1, 0.15) is 6.33 Å². The minimum absolute atomic E-state index is 0.00548. The van der Waals surface area contributed by atoms with E-state index in [1.165, 1.54) is 23.6 Å². The number of amides is 1. The normalized spacial score (nSPS) is 11.5. The monoisotopic (exact) mass is 499 g/mol. The van der Waals surface area contributed by atoms with Gasteiger partial charge in [0, 0.05) is 18.4 Å². The van der Waals surface area contributed by atoms with Crippen molar-refractivity contribution in [3.8, 4) is 17.3 Å². The molecule has 0 atom stereocenters. The van der Waals surface area contributed by atoms with Gasteiger partial charge < -0.3 is 19.8 Å². The van der Waals surface area contributed by atoms with Gasteiger partial charge in [0.25, 0.3) is 5.91 Å². The second kappa shape index (κ2) is 10.2. The maximum absolute atomic E-state index is 13.0. The van der Waals surface area contributed by atoms with Crippen LogP contribution in [0.3, 0.4) is 0 Å². The molecule has 0 fully saturated rings. The zero-order chi connectivity index (χ0) is 24.9. The van der Waals surface area contributed by atoms with Crippen molar-refractivity contribution in [2.75, 3.05) is 20.0 Å². The number of carbonyl (C=O) groups excluding carboxylic acids is 1. The summed E-state index contributed by atoms with van der Waals surface area (Å²) in [6, 6.07) is 5.30. The van der Waals surface area contributed by atoms with Gasteiger partial charge in [0.15, 0.2) is 22.3 Å². The number of aryl methyl sites for hydroxylation is 1. The first-order valence-corrected chi connectivity index (χ1v) is 11.0. The molecule has 1 aromatic carbocycles. The first-order chi connectivity index (χ1) is 16.9. The quantitative estimate of drug-likeness (QED) is 0.188. The van der Waals surface area contributed by atoms with Crippen molar-refractivity contribution in [1.29, 1.82) is 0 Å². The van der Waals surface area contributed by atoms with Crippen LogP contribution in [-0.4, -0.2) is 65.9 Å². The number of ether oxygens (including phenoxy) is 2. The molecule has 0 unspecified atom stereocenters. The van der Waals surface area contributed by atoms with Crippen LogP contribution in [0.15, 0.2) is 39.4 Å². The Morgan fingerprint density at radius 3 is 2.69 bits per heavy atom. The maximum atomic E-state index is 13.0. The van der Waals surface area contributed by atoms with E-state index < -0.39 is 5.91 Å². The van der Waals surface area contributed by atoms with Crippen molar-refractivity contribution >= 4 is 29.2 Å². The van der Waals surface area contributed by atoms with Crippen LogP contribution in [0.4, 0.5) is 5.82 Å². The van der Waals surface area contributed by atoms with E-state index in [0.717, 1.165) is 5.56 Å². The largest absolute Gasteiger partial charge is 0.493 e. The fourth-order valence-electron chi connectivity index (χ4n) is 2.97. The lowest BCUT2D eigenvalue weighted by Gasteiger charge is -2.09. The molecule has 4 rings (SSSR count). The predicted octanol–water partition coefficient (Wildman–Crippen LogP) is 0.824. The molecule has 15 nitrogen and oxygen atoms in total. The Morgan fingerprint density at radius 1 is 1.23 bits per heavy atom. The van der Waals surface area contributed by atoms with Gasteiger partial charge in [-0.05, 0) is 35.4 Å². The molecule has 16 heteroatoms. The molecule has 182 valence electrons. The first-order valence-electron chi connectivity index (χ1n) is 9.99. The Hall–Kier alpha value is -4.47. The molecule has 0 saturated heterocycles. The van der Waals surface area contributed by atoms with Gasteiger partial charge in [-0.25, -0.2) is 10.1 Å². The average Bonchev–Trinajstić information content (AvgIpc) is 3.59. The highest BCUT2D eigenvalue weighted by Gasteiger charge is 2.24. The lowest BCUT2D eigenvalue weighted by molar-refractivity contribution is 0.0949. The van der Waals surface area contributed by atoms with Gasteiger partial charge in [-0.2, -0.15) is 9.78 Å². The number of benzene rings is 1. The second-order valence-electron chi connectivity index (χ2n) is 6.99. The number of anilines is 1. The Balaban J connectivity index is 1.60. The highest BCUT2D eigenvalue weighted by atomic mass is 32.2. The highest BCUT2D eigenvalue weighted by molar-refractivity contribution is 7.98. The molecule has 3 aromatic heterocycles. The van der Waals surface area contributed by atoms with E-state index in [4.69, 9.17) is 15.2 Å². The van der Waals surface area contributed by atoms with Gasteiger partial charge in [0.2, 0.25) is 11.6 Å². The Kier molecular flexibility index (Phi) is 6.91. The summed E-state index contributed by atoms with van der Waals surface area (Å²) in [5.74, 6) is 0.878. The Morgan fingerprint density at radius 2 is 2.03 bits per heavy atom.